The zero-order chi connectivity index (χ0) is 21.3. The Morgan fingerprint density at radius 3 is 2.39 bits per heavy atom. The normalized spacial score (nSPS) is 20.5. The number of benzene rings is 1. The van der Waals surface area contributed by atoms with Crippen molar-refractivity contribution in [3.8, 4) is 0 Å². The number of carbonyl (C=O) groups excluding carboxylic acids is 2. The van der Waals surface area contributed by atoms with Gasteiger partial charge in [-0.15, -0.1) is 0 Å². The van der Waals surface area contributed by atoms with Crippen LogP contribution in [0.1, 0.15) is 25.5 Å². The van der Waals surface area contributed by atoms with E-state index in [4.69, 9.17) is 8.92 Å². The molecule has 1 aromatic carbocycles. The highest BCUT2D eigenvalue weighted by Crippen LogP contribution is 2.34. The number of Topliss-reactive ketones (excluding diaryl/α,β-unsaturated/α-hetero) is 1. The van der Waals surface area contributed by atoms with Crippen molar-refractivity contribution in [2.75, 3.05) is 19.9 Å². The number of hydrogen-bond acceptors (Lipinski definition) is 9. The zero-order valence-electron chi connectivity index (χ0n) is 15.6. The van der Waals surface area contributed by atoms with Crippen LogP contribution < -0.4 is 0 Å². The van der Waals surface area contributed by atoms with Gasteiger partial charge in [0.15, 0.2) is 11.9 Å². The molecular weight excluding hydrogens is 396 g/mol. The van der Waals surface area contributed by atoms with Crippen LogP contribution in [0.3, 0.4) is 0 Å². The number of nitro benzene ring substituents is 1. The van der Waals surface area contributed by atoms with Crippen LogP contribution in [0.2, 0.25) is 0 Å². The Morgan fingerprint density at radius 2 is 1.93 bits per heavy atom. The molecule has 1 aromatic rings. The lowest BCUT2D eigenvalue weighted by atomic mass is 9.98. The average molecular weight is 416 g/mol. The number of ether oxygens (including phenoxy) is 2. The molecule has 0 N–H and O–H groups in total. The van der Waals surface area contributed by atoms with E-state index < -0.39 is 44.9 Å². The SMILES string of the molecule is COC(=O)N1CC(=O)[C@H]([C@@H](OS(C)(=O)=O)c2ccc([N+](=O)[O-])cc2)OC1(C)C. The Bertz CT molecular complexity index is 880. The van der Waals surface area contributed by atoms with Crippen molar-refractivity contribution >= 4 is 27.7 Å². The lowest BCUT2D eigenvalue weighted by Gasteiger charge is -2.45. The van der Waals surface area contributed by atoms with Crippen LogP contribution in [-0.4, -0.2) is 61.9 Å². The Hall–Kier alpha value is -2.57. The molecule has 11 nitrogen and oxygen atoms in total. The first kappa shape index (κ1) is 21.7. The molecule has 0 aliphatic carbocycles. The minimum atomic E-state index is -4.01. The van der Waals surface area contributed by atoms with Crippen LogP contribution in [0.4, 0.5) is 10.5 Å². The summed E-state index contributed by atoms with van der Waals surface area (Å²) in [5.41, 5.74) is -1.32. The van der Waals surface area contributed by atoms with Gasteiger partial charge in [0.2, 0.25) is 0 Å². The minimum absolute atomic E-state index is 0.191. The molecular formula is C16H20N2O9S. The predicted octanol–water partition coefficient (Wildman–Crippen LogP) is 1.38. The second kappa shape index (κ2) is 7.81. The van der Waals surface area contributed by atoms with E-state index in [0.29, 0.717) is 0 Å². The summed E-state index contributed by atoms with van der Waals surface area (Å²) >= 11 is 0. The van der Waals surface area contributed by atoms with Gasteiger partial charge in [0, 0.05) is 12.1 Å². The number of nitro groups is 1. The minimum Gasteiger partial charge on any atom is -0.453 e. The van der Waals surface area contributed by atoms with Crippen molar-refractivity contribution in [3.05, 3.63) is 39.9 Å². The van der Waals surface area contributed by atoms with Crippen LogP contribution in [0.25, 0.3) is 0 Å². The smallest absolute Gasteiger partial charge is 0.412 e. The van der Waals surface area contributed by atoms with E-state index in [-0.39, 0.29) is 17.8 Å². The first-order chi connectivity index (χ1) is 12.9. The maximum atomic E-state index is 12.6. The van der Waals surface area contributed by atoms with E-state index in [1.165, 1.54) is 26.0 Å². The molecule has 28 heavy (non-hydrogen) atoms. The summed E-state index contributed by atoms with van der Waals surface area (Å²) in [4.78, 5) is 35.8. The zero-order valence-corrected chi connectivity index (χ0v) is 16.5. The lowest BCUT2D eigenvalue weighted by molar-refractivity contribution is -0.384. The maximum absolute atomic E-state index is 12.6. The molecule has 1 saturated heterocycles. The van der Waals surface area contributed by atoms with Gasteiger partial charge in [-0.3, -0.25) is 24.0 Å². The summed E-state index contributed by atoms with van der Waals surface area (Å²) in [5, 5.41) is 10.8. The van der Waals surface area contributed by atoms with Gasteiger partial charge < -0.3 is 9.47 Å². The molecule has 154 valence electrons. The maximum Gasteiger partial charge on any atom is 0.412 e. The van der Waals surface area contributed by atoms with Crippen LogP contribution in [0.15, 0.2) is 24.3 Å². The second-order valence-corrected chi connectivity index (χ2v) is 8.18. The van der Waals surface area contributed by atoms with Crippen molar-refractivity contribution in [2.45, 2.75) is 31.8 Å². The molecule has 0 unspecified atom stereocenters. The number of hydrogen-bond donors (Lipinski definition) is 0. The Balaban J connectivity index is 2.42. The van der Waals surface area contributed by atoms with Gasteiger partial charge in [-0.2, -0.15) is 8.42 Å². The summed E-state index contributed by atoms with van der Waals surface area (Å²) in [7, 11) is -2.86. The van der Waals surface area contributed by atoms with Crippen molar-refractivity contribution in [1.29, 1.82) is 0 Å². The van der Waals surface area contributed by atoms with E-state index in [0.717, 1.165) is 30.4 Å². The molecule has 0 aromatic heterocycles. The van der Waals surface area contributed by atoms with Crippen LogP contribution >= 0.6 is 0 Å². The molecule has 0 saturated carbocycles. The Labute approximate surface area is 161 Å². The summed E-state index contributed by atoms with van der Waals surface area (Å²) in [6, 6.07) is 4.88. The first-order valence-electron chi connectivity index (χ1n) is 8.04. The molecule has 0 bridgehead atoms. The van der Waals surface area contributed by atoms with Crippen molar-refractivity contribution in [2.24, 2.45) is 0 Å². The third kappa shape index (κ3) is 4.82. The monoisotopic (exact) mass is 416 g/mol. The highest BCUT2D eigenvalue weighted by molar-refractivity contribution is 7.86. The van der Waals surface area contributed by atoms with Gasteiger partial charge in [0.25, 0.3) is 15.8 Å². The van der Waals surface area contributed by atoms with E-state index in [2.05, 4.69) is 4.74 Å². The van der Waals surface area contributed by atoms with E-state index in [1.54, 1.807) is 0 Å². The number of carbonyl (C=O) groups is 2. The number of non-ortho nitro benzene ring substituents is 1. The van der Waals surface area contributed by atoms with Gasteiger partial charge in [0.1, 0.15) is 11.8 Å². The molecule has 1 aliphatic rings. The second-order valence-electron chi connectivity index (χ2n) is 6.58. The Kier molecular flexibility index (Phi) is 6.06. The molecule has 2 atom stereocenters. The van der Waals surface area contributed by atoms with E-state index in [9.17, 15) is 28.1 Å². The summed E-state index contributed by atoms with van der Waals surface area (Å²) < 4.78 is 38.9. The first-order valence-corrected chi connectivity index (χ1v) is 9.86. The summed E-state index contributed by atoms with van der Waals surface area (Å²) in [6.45, 7) is 2.63. The molecule has 1 heterocycles. The van der Waals surface area contributed by atoms with Crippen LogP contribution in [0, 0.1) is 10.1 Å². The number of rotatable bonds is 5. The molecule has 1 amide bonds. The van der Waals surface area contributed by atoms with Crippen molar-refractivity contribution in [1.82, 2.24) is 4.90 Å². The van der Waals surface area contributed by atoms with Crippen LogP contribution in [-0.2, 0) is 28.6 Å². The van der Waals surface area contributed by atoms with Gasteiger partial charge in [0.05, 0.1) is 24.8 Å². The van der Waals surface area contributed by atoms with Crippen molar-refractivity contribution < 1.29 is 36.6 Å². The number of nitrogens with zero attached hydrogens (tertiary/aromatic N) is 2. The topological polar surface area (TPSA) is 142 Å². The average Bonchev–Trinajstić information content (AvgIpc) is 2.60. The third-order valence-electron chi connectivity index (χ3n) is 4.08. The predicted molar refractivity (Wildman–Crippen MR) is 94.8 cm³/mol. The standard InChI is InChI=1S/C16H20N2O9S/c1-16(2)17(15(20)25-3)9-12(19)14(26-16)13(27-28(4,23)24)10-5-7-11(8-6-10)18(21)22/h5-8,13-14H,9H2,1-4H3/t13-,14+/m0/s1. The fraction of sp³-hybridized carbons (Fsp3) is 0.500. The van der Waals surface area contributed by atoms with Gasteiger partial charge in [-0.25, -0.2) is 4.79 Å². The number of amides is 1. The van der Waals surface area contributed by atoms with Crippen LogP contribution in [0.5, 0.6) is 0 Å². The van der Waals surface area contributed by atoms with Gasteiger partial charge in [-0.05, 0) is 31.5 Å². The third-order valence-corrected chi connectivity index (χ3v) is 4.63. The Morgan fingerprint density at radius 1 is 1.36 bits per heavy atom. The molecule has 1 aliphatic heterocycles. The fourth-order valence-corrected chi connectivity index (χ4v) is 3.34. The molecule has 0 spiro atoms. The molecule has 1 fully saturated rings. The number of ketones is 1. The molecule has 2 rings (SSSR count). The quantitative estimate of drug-likeness (QED) is 0.395. The number of methoxy groups -OCH3 is 1. The largest absolute Gasteiger partial charge is 0.453 e. The highest BCUT2D eigenvalue weighted by atomic mass is 32.2. The fourth-order valence-electron chi connectivity index (χ4n) is 2.76. The van der Waals surface area contributed by atoms with Crippen molar-refractivity contribution in [3.63, 3.8) is 0 Å². The highest BCUT2D eigenvalue weighted by Gasteiger charge is 2.48. The van der Waals surface area contributed by atoms with Gasteiger partial charge in [-0.1, -0.05) is 0 Å². The molecule has 12 heteroatoms. The van der Waals surface area contributed by atoms with E-state index >= 15 is 0 Å². The van der Waals surface area contributed by atoms with E-state index in [1.807, 2.05) is 0 Å². The lowest BCUT2D eigenvalue weighted by Crippen LogP contribution is -2.61. The van der Waals surface area contributed by atoms with Gasteiger partial charge >= 0.3 is 6.09 Å². The summed E-state index contributed by atoms with van der Waals surface area (Å²) in [5.74, 6) is -0.614. The summed E-state index contributed by atoms with van der Waals surface area (Å²) in [6.07, 6.45) is -2.73. The molecule has 0 radical (unpaired) electrons.